The topological polar surface area (TPSA) is 29.5 Å². The molecule has 19 heavy (non-hydrogen) atoms. The van der Waals surface area contributed by atoms with Crippen molar-refractivity contribution >= 4 is 11.6 Å². The summed E-state index contributed by atoms with van der Waals surface area (Å²) in [5.41, 5.74) is 0.826. The molecule has 1 aromatic rings. The molecular formula is C16H23ClO2. The zero-order valence-electron chi connectivity index (χ0n) is 11.7. The predicted octanol–water partition coefficient (Wildman–Crippen LogP) is 4.74. The zero-order chi connectivity index (χ0) is 13.8. The monoisotopic (exact) mass is 282 g/mol. The third kappa shape index (κ3) is 3.87. The van der Waals surface area contributed by atoms with Crippen LogP contribution in [0.4, 0.5) is 0 Å². The lowest BCUT2D eigenvalue weighted by Gasteiger charge is -2.28. The molecule has 1 atom stereocenters. The van der Waals surface area contributed by atoms with Gasteiger partial charge in [-0.15, -0.1) is 0 Å². The van der Waals surface area contributed by atoms with E-state index in [1.807, 2.05) is 12.1 Å². The van der Waals surface area contributed by atoms with Crippen LogP contribution in [0, 0.1) is 5.92 Å². The van der Waals surface area contributed by atoms with Crippen molar-refractivity contribution in [3.63, 3.8) is 0 Å². The molecule has 2 rings (SSSR count). The molecule has 1 N–H and O–H groups in total. The molecule has 0 amide bonds. The summed E-state index contributed by atoms with van der Waals surface area (Å²) in [6.07, 6.45) is 5.82. The molecule has 1 aliphatic carbocycles. The Morgan fingerprint density at radius 3 is 2.53 bits per heavy atom. The van der Waals surface area contributed by atoms with Gasteiger partial charge in [0.25, 0.3) is 0 Å². The van der Waals surface area contributed by atoms with E-state index in [9.17, 15) is 5.11 Å². The highest BCUT2D eigenvalue weighted by Gasteiger charge is 2.22. The third-order valence-electron chi connectivity index (χ3n) is 4.10. The second-order valence-electron chi connectivity index (χ2n) is 5.53. The molecule has 0 saturated heterocycles. The second kappa shape index (κ2) is 6.62. The van der Waals surface area contributed by atoms with Crippen molar-refractivity contribution in [1.82, 2.24) is 0 Å². The molecule has 1 aliphatic rings. The van der Waals surface area contributed by atoms with Gasteiger partial charge in [0.1, 0.15) is 5.75 Å². The molecule has 0 radical (unpaired) electrons. The van der Waals surface area contributed by atoms with Crippen molar-refractivity contribution < 1.29 is 9.84 Å². The normalized spacial score (nSPS) is 25.1. The van der Waals surface area contributed by atoms with Crippen LogP contribution in [-0.4, -0.2) is 11.2 Å². The van der Waals surface area contributed by atoms with E-state index in [1.54, 1.807) is 13.0 Å². The number of benzene rings is 1. The van der Waals surface area contributed by atoms with Gasteiger partial charge >= 0.3 is 0 Å². The van der Waals surface area contributed by atoms with Crippen LogP contribution >= 0.6 is 11.6 Å². The lowest BCUT2D eigenvalue weighted by Crippen LogP contribution is -2.24. The molecule has 0 spiro atoms. The molecule has 2 nitrogen and oxygen atoms in total. The summed E-state index contributed by atoms with van der Waals surface area (Å²) in [5.74, 6) is 1.61. The molecule has 1 saturated carbocycles. The van der Waals surface area contributed by atoms with Gasteiger partial charge < -0.3 is 9.84 Å². The SMILES string of the molecule is CCC1CCC(Oc2ccc([C@H](C)O)cc2Cl)CC1. The molecular weight excluding hydrogens is 260 g/mol. The van der Waals surface area contributed by atoms with Crippen LogP contribution in [0.25, 0.3) is 0 Å². The summed E-state index contributed by atoms with van der Waals surface area (Å²) in [6.45, 7) is 4.00. The Hall–Kier alpha value is -0.730. The maximum absolute atomic E-state index is 9.52. The van der Waals surface area contributed by atoms with E-state index in [1.165, 1.54) is 19.3 Å². The zero-order valence-corrected chi connectivity index (χ0v) is 12.5. The lowest BCUT2D eigenvalue weighted by atomic mass is 9.86. The van der Waals surface area contributed by atoms with Crippen molar-refractivity contribution in [1.29, 1.82) is 0 Å². The number of halogens is 1. The fraction of sp³-hybridized carbons (Fsp3) is 0.625. The van der Waals surface area contributed by atoms with E-state index in [0.717, 1.165) is 30.1 Å². The number of aliphatic hydroxyl groups excluding tert-OH is 1. The highest BCUT2D eigenvalue weighted by Crippen LogP contribution is 2.33. The average Bonchev–Trinajstić information content (AvgIpc) is 2.41. The molecule has 0 bridgehead atoms. The number of aliphatic hydroxyl groups is 1. The number of hydrogen-bond acceptors (Lipinski definition) is 2. The molecule has 0 aromatic heterocycles. The van der Waals surface area contributed by atoms with Gasteiger partial charge in [-0.25, -0.2) is 0 Å². The minimum atomic E-state index is -0.494. The first kappa shape index (κ1) is 14.7. The van der Waals surface area contributed by atoms with Crippen LogP contribution in [-0.2, 0) is 0 Å². The molecule has 0 aliphatic heterocycles. The Balaban J connectivity index is 1.96. The van der Waals surface area contributed by atoms with Crippen LogP contribution in [0.5, 0.6) is 5.75 Å². The summed E-state index contributed by atoms with van der Waals surface area (Å²) in [7, 11) is 0. The van der Waals surface area contributed by atoms with Gasteiger partial charge in [-0.1, -0.05) is 31.0 Å². The van der Waals surface area contributed by atoms with E-state index >= 15 is 0 Å². The summed E-state index contributed by atoms with van der Waals surface area (Å²) in [5, 5.41) is 10.1. The summed E-state index contributed by atoms with van der Waals surface area (Å²) >= 11 is 6.21. The predicted molar refractivity (Wildman–Crippen MR) is 78.8 cm³/mol. The first-order valence-electron chi connectivity index (χ1n) is 7.24. The quantitative estimate of drug-likeness (QED) is 0.864. The average molecular weight is 283 g/mol. The van der Waals surface area contributed by atoms with Gasteiger partial charge in [0.15, 0.2) is 0 Å². The van der Waals surface area contributed by atoms with Crippen LogP contribution in [0.2, 0.25) is 5.02 Å². The summed E-state index contributed by atoms with van der Waals surface area (Å²) in [4.78, 5) is 0. The van der Waals surface area contributed by atoms with E-state index in [2.05, 4.69) is 6.92 Å². The molecule has 0 unspecified atom stereocenters. The molecule has 106 valence electrons. The van der Waals surface area contributed by atoms with Crippen LogP contribution < -0.4 is 4.74 Å². The number of ether oxygens (including phenoxy) is 1. The van der Waals surface area contributed by atoms with Gasteiger partial charge in [-0.2, -0.15) is 0 Å². The first-order chi connectivity index (χ1) is 9.10. The van der Waals surface area contributed by atoms with Gasteiger partial charge in [-0.3, -0.25) is 0 Å². The van der Waals surface area contributed by atoms with Gasteiger partial charge in [-0.05, 0) is 56.2 Å². The van der Waals surface area contributed by atoms with E-state index in [0.29, 0.717) is 5.02 Å². The van der Waals surface area contributed by atoms with E-state index in [-0.39, 0.29) is 6.10 Å². The second-order valence-corrected chi connectivity index (χ2v) is 5.94. The van der Waals surface area contributed by atoms with Crippen molar-refractivity contribution in [3.05, 3.63) is 28.8 Å². The van der Waals surface area contributed by atoms with Crippen molar-refractivity contribution in [2.75, 3.05) is 0 Å². The lowest BCUT2D eigenvalue weighted by molar-refractivity contribution is 0.130. The van der Waals surface area contributed by atoms with E-state index < -0.39 is 6.10 Å². The minimum Gasteiger partial charge on any atom is -0.489 e. The molecule has 3 heteroatoms. The smallest absolute Gasteiger partial charge is 0.138 e. The minimum absolute atomic E-state index is 0.290. The highest BCUT2D eigenvalue weighted by molar-refractivity contribution is 6.32. The van der Waals surface area contributed by atoms with Crippen molar-refractivity contribution in [2.45, 2.75) is 58.2 Å². The molecule has 1 fully saturated rings. The van der Waals surface area contributed by atoms with E-state index in [4.69, 9.17) is 16.3 Å². The Morgan fingerprint density at radius 1 is 1.32 bits per heavy atom. The highest BCUT2D eigenvalue weighted by atomic mass is 35.5. The van der Waals surface area contributed by atoms with Gasteiger partial charge in [0.05, 0.1) is 17.2 Å². The van der Waals surface area contributed by atoms with Crippen molar-refractivity contribution in [3.8, 4) is 5.75 Å². The maximum atomic E-state index is 9.52. The fourth-order valence-corrected chi connectivity index (χ4v) is 2.94. The molecule has 0 heterocycles. The third-order valence-corrected chi connectivity index (χ3v) is 4.40. The summed E-state index contributed by atoms with van der Waals surface area (Å²) < 4.78 is 6.00. The summed E-state index contributed by atoms with van der Waals surface area (Å²) in [6, 6.07) is 5.54. The Labute approximate surface area is 120 Å². The number of rotatable bonds is 4. The standard InChI is InChI=1S/C16H23ClO2/c1-3-12-4-7-14(8-5-12)19-16-9-6-13(11(2)18)10-15(16)17/h6,9-12,14,18H,3-5,7-8H2,1-2H3/t11-,12?,14?/m0/s1. The van der Waals surface area contributed by atoms with Gasteiger partial charge in [0, 0.05) is 0 Å². The van der Waals surface area contributed by atoms with Crippen LogP contribution in [0.3, 0.4) is 0 Å². The van der Waals surface area contributed by atoms with Crippen molar-refractivity contribution in [2.24, 2.45) is 5.92 Å². The first-order valence-corrected chi connectivity index (χ1v) is 7.62. The maximum Gasteiger partial charge on any atom is 0.138 e. The number of hydrogen-bond donors (Lipinski definition) is 1. The Morgan fingerprint density at radius 2 is 2.00 bits per heavy atom. The molecule has 1 aromatic carbocycles. The Bertz CT molecular complexity index is 409. The van der Waals surface area contributed by atoms with Crippen LogP contribution in [0.15, 0.2) is 18.2 Å². The largest absolute Gasteiger partial charge is 0.489 e. The Kier molecular flexibility index (Phi) is 5.12. The van der Waals surface area contributed by atoms with Gasteiger partial charge in [0.2, 0.25) is 0 Å². The fourth-order valence-electron chi connectivity index (χ4n) is 2.71. The van der Waals surface area contributed by atoms with Crippen LogP contribution in [0.1, 0.15) is 57.6 Å².